The summed E-state index contributed by atoms with van der Waals surface area (Å²) < 4.78 is 3.81. The van der Waals surface area contributed by atoms with Gasteiger partial charge in [-0.15, -0.1) is 11.3 Å². The molecule has 14 rings (SSSR count). The van der Waals surface area contributed by atoms with Gasteiger partial charge in [-0.25, -0.2) is 0 Å². The van der Waals surface area contributed by atoms with Crippen molar-refractivity contribution < 1.29 is 0 Å². The van der Waals surface area contributed by atoms with Crippen LogP contribution < -0.4 is 4.90 Å². The third-order valence-corrected chi connectivity index (χ3v) is 16.0. The maximum absolute atomic E-state index is 2.49. The van der Waals surface area contributed by atoms with Crippen LogP contribution in [0.4, 0.5) is 17.1 Å². The van der Waals surface area contributed by atoms with E-state index in [1.165, 1.54) is 109 Å². The Hall–Kier alpha value is -8.24. The van der Waals surface area contributed by atoms with E-state index < -0.39 is 0 Å². The second-order valence-corrected chi connectivity index (χ2v) is 19.9. The summed E-state index contributed by atoms with van der Waals surface area (Å²) in [5, 5.41) is 4.00. The van der Waals surface area contributed by atoms with Crippen LogP contribution in [0.15, 0.2) is 231 Å². The second kappa shape index (κ2) is 14.9. The lowest BCUT2D eigenvalue weighted by Crippen LogP contribution is -2.16. The number of hydrogen-bond acceptors (Lipinski definition) is 2. The first-order valence-electron chi connectivity index (χ1n) is 23.6. The Morgan fingerprint density at radius 1 is 0.368 bits per heavy atom. The fraction of sp³-hybridized carbons (Fsp3) is 0.0462. The van der Waals surface area contributed by atoms with Crippen LogP contribution in [-0.2, 0) is 5.41 Å². The van der Waals surface area contributed by atoms with E-state index in [4.69, 9.17) is 0 Å². The minimum atomic E-state index is -0.0830. The van der Waals surface area contributed by atoms with E-state index in [1.807, 2.05) is 11.3 Å². The molecular formula is C65H44N2S. The van der Waals surface area contributed by atoms with Crippen molar-refractivity contribution in [3.63, 3.8) is 0 Å². The third kappa shape index (κ3) is 5.76. The summed E-state index contributed by atoms with van der Waals surface area (Å²) in [6.45, 7) is 4.70. The molecule has 0 atom stereocenters. The van der Waals surface area contributed by atoms with Gasteiger partial charge in [-0.05, 0) is 140 Å². The normalized spacial score (nSPS) is 13.0. The first-order valence-corrected chi connectivity index (χ1v) is 24.4. The zero-order valence-electron chi connectivity index (χ0n) is 37.7. The van der Waals surface area contributed by atoms with Gasteiger partial charge < -0.3 is 9.47 Å². The molecule has 2 heterocycles. The van der Waals surface area contributed by atoms with Gasteiger partial charge in [-0.2, -0.15) is 0 Å². The first-order chi connectivity index (χ1) is 33.5. The van der Waals surface area contributed by atoms with Gasteiger partial charge in [0.25, 0.3) is 0 Å². The number of para-hydroxylation sites is 1. The molecule has 0 saturated heterocycles. The van der Waals surface area contributed by atoms with Gasteiger partial charge in [0, 0.05) is 59.5 Å². The molecule has 0 saturated carbocycles. The molecule has 320 valence electrons. The topological polar surface area (TPSA) is 8.17 Å². The van der Waals surface area contributed by atoms with Gasteiger partial charge in [-0.1, -0.05) is 172 Å². The first kappa shape index (κ1) is 39.0. The predicted molar refractivity (Wildman–Crippen MR) is 289 cm³/mol. The number of benzene rings is 10. The quantitative estimate of drug-likeness (QED) is 0.155. The van der Waals surface area contributed by atoms with Crippen LogP contribution in [0.2, 0.25) is 0 Å². The Balaban J connectivity index is 0.877. The molecule has 68 heavy (non-hydrogen) atoms. The number of rotatable bonds is 7. The highest BCUT2D eigenvalue weighted by molar-refractivity contribution is 7.23. The Morgan fingerprint density at radius 2 is 0.941 bits per heavy atom. The standard InChI is InChI=1S/C65H44N2S/c1-65(2)55-23-13-12-21-50(55)51-36-34-49(40-56(51)65)66(46-19-10-5-11-20-46)47-30-25-42(26-31-47)43-27-32-48(33-28-43)67-57-24-14-22-52-54-39-45(41-15-6-3-7-16-41)29-35-53(54)61-63-59(38-37-58(67)62(63)60(52)57)68-64(61)44-17-8-4-9-18-44/h3-40H,1-2H3. The van der Waals surface area contributed by atoms with E-state index >= 15 is 0 Å². The number of fused-ring (bicyclic) bond motifs is 6. The Bertz CT molecular complexity index is 3950. The molecule has 3 heteroatoms. The fourth-order valence-corrected chi connectivity index (χ4v) is 12.8. The molecule has 0 amide bonds. The highest BCUT2D eigenvalue weighted by Crippen LogP contribution is 2.56. The van der Waals surface area contributed by atoms with Crippen LogP contribution in [0, 0.1) is 0 Å². The van der Waals surface area contributed by atoms with Gasteiger partial charge >= 0.3 is 0 Å². The molecule has 2 nitrogen and oxygen atoms in total. The van der Waals surface area contributed by atoms with Gasteiger partial charge in [0.15, 0.2) is 0 Å². The second-order valence-electron chi connectivity index (χ2n) is 18.8. The van der Waals surface area contributed by atoms with Crippen LogP contribution in [-0.4, -0.2) is 4.57 Å². The van der Waals surface area contributed by atoms with Crippen LogP contribution in [0.3, 0.4) is 0 Å². The van der Waals surface area contributed by atoms with Crippen LogP contribution in [0.1, 0.15) is 25.0 Å². The molecule has 0 N–H and O–H groups in total. The summed E-state index contributed by atoms with van der Waals surface area (Å²) in [5.41, 5.74) is 23.6. The molecule has 0 aliphatic heterocycles. The van der Waals surface area contributed by atoms with Crippen molar-refractivity contribution in [1.82, 2.24) is 4.57 Å². The number of aromatic nitrogens is 1. The highest BCUT2D eigenvalue weighted by Gasteiger charge is 2.36. The van der Waals surface area contributed by atoms with Crippen LogP contribution >= 0.6 is 11.3 Å². The maximum atomic E-state index is 2.49. The Morgan fingerprint density at radius 3 is 1.71 bits per heavy atom. The van der Waals surface area contributed by atoms with Crippen LogP contribution in [0.5, 0.6) is 0 Å². The Kier molecular flexibility index (Phi) is 8.53. The molecule has 0 bridgehead atoms. The van der Waals surface area contributed by atoms with E-state index in [-0.39, 0.29) is 5.41 Å². The lowest BCUT2D eigenvalue weighted by molar-refractivity contribution is 0.660. The largest absolute Gasteiger partial charge is 0.310 e. The molecule has 2 aliphatic carbocycles. The monoisotopic (exact) mass is 884 g/mol. The van der Waals surface area contributed by atoms with Gasteiger partial charge in [-0.3, -0.25) is 0 Å². The molecule has 12 aromatic rings. The summed E-state index contributed by atoms with van der Waals surface area (Å²) in [5.74, 6) is 0. The lowest BCUT2D eigenvalue weighted by atomic mass is 9.82. The number of nitrogens with zero attached hydrogens (tertiary/aromatic N) is 2. The minimum absolute atomic E-state index is 0.0830. The molecule has 0 spiro atoms. The van der Waals surface area contributed by atoms with E-state index in [0.717, 1.165) is 22.7 Å². The summed E-state index contributed by atoms with van der Waals surface area (Å²) in [4.78, 5) is 3.71. The van der Waals surface area contributed by atoms with Gasteiger partial charge in [0.2, 0.25) is 0 Å². The summed E-state index contributed by atoms with van der Waals surface area (Å²) in [6, 6.07) is 85.3. The van der Waals surface area contributed by atoms with E-state index in [9.17, 15) is 0 Å². The van der Waals surface area contributed by atoms with Crippen molar-refractivity contribution in [3.8, 4) is 71.8 Å². The molecule has 10 aromatic carbocycles. The van der Waals surface area contributed by atoms with E-state index in [2.05, 4.69) is 254 Å². The van der Waals surface area contributed by atoms with Crippen molar-refractivity contribution in [2.75, 3.05) is 4.90 Å². The summed E-state index contributed by atoms with van der Waals surface area (Å²) in [7, 11) is 0. The van der Waals surface area contributed by atoms with Crippen molar-refractivity contribution in [2.45, 2.75) is 19.3 Å². The maximum Gasteiger partial charge on any atom is 0.0548 e. The van der Waals surface area contributed by atoms with E-state index in [0.29, 0.717) is 0 Å². The predicted octanol–water partition coefficient (Wildman–Crippen LogP) is 18.4. The average Bonchev–Trinajstić information content (AvgIpc) is 4.00. The van der Waals surface area contributed by atoms with Crippen molar-refractivity contribution in [3.05, 3.63) is 242 Å². The van der Waals surface area contributed by atoms with E-state index in [1.54, 1.807) is 0 Å². The zero-order valence-corrected chi connectivity index (χ0v) is 38.6. The number of hydrogen-bond donors (Lipinski definition) is 0. The average molecular weight is 885 g/mol. The molecule has 0 fully saturated rings. The fourth-order valence-electron chi connectivity index (χ4n) is 11.5. The van der Waals surface area contributed by atoms with Crippen LogP contribution in [0.25, 0.3) is 104 Å². The van der Waals surface area contributed by atoms with Crippen molar-refractivity contribution in [1.29, 1.82) is 0 Å². The van der Waals surface area contributed by atoms with Gasteiger partial charge in [0.05, 0.1) is 11.0 Å². The van der Waals surface area contributed by atoms with Gasteiger partial charge in [0.1, 0.15) is 0 Å². The minimum Gasteiger partial charge on any atom is -0.310 e. The Labute approximate surface area is 400 Å². The molecule has 0 radical (unpaired) electrons. The zero-order chi connectivity index (χ0) is 45.1. The number of anilines is 3. The highest BCUT2D eigenvalue weighted by atomic mass is 32.1. The molecular weight excluding hydrogens is 841 g/mol. The van der Waals surface area contributed by atoms with Crippen molar-refractivity contribution in [2.24, 2.45) is 0 Å². The molecule has 2 aromatic heterocycles. The summed E-state index contributed by atoms with van der Waals surface area (Å²) >= 11 is 1.91. The smallest absolute Gasteiger partial charge is 0.0548 e. The third-order valence-electron chi connectivity index (χ3n) is 14.8. The van der Waals surface area contributed by atoms with Crippen molar-refractivity contribution >= 4 is 60.3 Å². The molecule has 2 aliphatic rings. The molecule has 0 unspecified atom stereocenters. The summed E-state index contributed by atoms with van der Waals surface area (Å²) in [6.07, 6.45) is 0. The lowest BCUT2D eigenvalue weighted by Gasteiger charge is -2.28. The number of thiophene rings is 1. The SMILES string of the molecule is CC1(C)c2ccccc2-c2ccc(N(c3ccccc3)c3ccc(-c4ccc(-n5c6cccc7c6c6c8c(c(-c9ccccc9)sc8ccc65)-c5ccc(-c6ccccc6)cc5-7)cc4)cc3)cc21.